The highest BCUT2D eigenvalue weighted by Gasteiger charge is 2.18. The SMILES string of the molecule is CCCC(N)=O.Cc1cc([N+](=O)[O-])cc(C)c1C(=O)c1ccccc1. The summed E-state index contributed by atoms with van der Waals surface area (Å²) in [7, 11) is 0. The van der Waals surface area contributed by atoms with Crippen LogP contribution in [0.4, 0.5) is 5.69 Å². The highest BCUT2D eigenvalue weighted by Crippen LogP contribution is 2.24. The largest absolute Gasteiger partial charge is 0.370 e. The number of rotatable bonds is 5. The van der Waals surface area contributed by atoms with Crippen molar-refractivity contribution in [2.75, 3.05) is 0 Å². The maximum atomic E-state index is 12.4. The molecule has 6 heteroatoms. The number of nitro groups is 1. The maximum absolute atomic E-state index is 12.4. The van der Waals surface area contributed by atoms with Crippen molar-refractivity contribution < 1.29 is 14.5 Å². The lowest BCUT2D eigenvalue weighted by atomic mass is 9.94. The van der Waals surface area contributed by atoms with E-state index in [4.69, 9.17) is 5.73 Å². The van der Waals surface area contributed by atoms with Gasteiger partial charge in [0.05, 0.1) is 4.92 Å². The molecule has 2 rings (SSSR count). The highest BCUT2D eigenvalue weighted by atomic mass is 16.6. The molecule has 0 unspecified atom stereocenters. The number of nitrogens with two attached hydrogens (primary N) is 1. The van der Waals surface area contributed by atoms with Crippen LogP contribution in [0.15, 0.2) is 42.5 Å². The molecule has 6 nitrogen and oxygen atoms in total. The quantitative estimate of drug-likeness (QED) is 0.508. The average molecular weight is 342 g/mol. The fourth-order valence-electron chi connectivity index (χ4n) is 2.38. The molecule has 0 saturated heterocycles. The van der Waals surface area contributed by atoms with Crippen LogP contribution in [0.2, 0.25) is 0 Å². The van der Waals surface area contributed by atoms with E-state index in [0.29, 0.717) is 28.7 Å². The fraction of sp³-hybridized carbons (Fsp3) is 0.263. The second-order valence-electron chi connectivity index (χ2n) is 5.62. The highest BCUT2D eigenvalue weighted by molar-refractivity contribution is 6.10. The molecule has 0 aliphatic heterocycles. The first-order chi connectivity index (χ1) is 11.8. The number of ketones is 1. The molecule has 0 heterocycles. The summed E-state index contributed by atoms with van der Waals surface area (Å²) >= 11 is 0. The van der Waals surface area contributed by atoms with Crippen LogP contribution in [0.5, 0.6) is 0 Å². The van der Waals surface area contributed by atoms with Crippen molar-refractivity contribution in [3.8, 4) is 0 Å². The van der Waals surface area contributed by atoms with Crippen molar-refractivity contribution in [3.05, 3.63) is 74.8 Å². The number of benzene rings is 2. The van der Waals surface area contributed by atoms with E-state index in [2.05, 4.69) is 0 Å². The zero-order valence-corrected chi connectivity index (χ0v) is 14.6. The third kappa shape index (κ3) is 5.84. The predicted octanol–water partition coefficient (Wildman–Crippen LogP) is 3.71. The zero-order chi connectivity index (χ0) is 19.0. The van der Waals surface area contributed by atoms with Gasteiger partial charge in [0.15, 0.2) is 5.78 Å². The summed E-state index contributed by atoms with van der Waals surface area (Å²) in [6.45, 7) is 5.36. The number of carbonyl (C=O) groups excluding carboxylic acids is 2. The lowest BCUT2D eigenvalue weighted by Crippen LogP contribution is -2.08. The minimum atomic E-state index is -0.448. The van der Waals surface area contributed by atoms with Crippen molar-refractivity contribution in [3.63, 3.8) is 0 Å². The van der Waals surface area contributed by atoms with Gasteiger partial charge in [0.2, 0.25) is 5.91 Å². The van der Waals surface area contributed by atoms with Gasteiger partial charge >= 0.3 is 0 Å². The van der Waals surface area contributed by atoms with E-state index < -0.39 is 4.92 Å². The van der Waals surface area contributed by atoms with Crippen LogP contribution < -0.4 is 5.73 Å². The Kier molecular flexibility index (Phi) is 7.46. The van der Waals surface area contributed by atoms with Crippen LogP contribution in [0, 0.1) is 24.0 Å². The molecular formula is C19H22N2O4. The van der Waals surface area contributed by atoms with Crippen molar-refractivity contribution in [2.45, 2.75) is 33.6 Å². The van der Waals surface area contributed by atoms with Crippen LogP contribution in [-0.2, 0) is 4.79 Å². The number of primary amides is 1. The molecule has 0 spiro atoms. The topological polar surface area (TPSA) is 103 Å². The van der Waals surface area contributed by atoms with Crippen LogP contribution >= 0.6 is 0 Å². The fourth-order valence-corrected chi connectivity index (χ4v) is 2.38. The Morgan fingerprint density at radius 1 is 1.08 bits per heavy atom. The number of hydrogen-bond acceptors (Lipinski definition) is 4. The normalized spacial score (nSPS) is 9.72. The van der Waals surface area contributed by atoms with Crippen molar-refractivity contribution in [2.24, 2.45) is 5.73 Å². The summed E-state index contributed by atoms with van der Waals surface area (Å²) in [5.74, 6) is -0.317. The van der Waals surface area contributed by atoms with Gasteiger partial charge in [0, 0.05) is 29.7 Å². The van der Waals surface area contributed by atoms with Gasteiger partial charge < -0.3 is 5.73 Å². The van der Waals surface area contributed by atoms with Gasteiger partial charge in [-0.2, -0.15) is 0 Å². The van der Waals surface area contributed by atoms with Crippen LogP contribution in [0.25, 0.3) is 0 Å². The summed E-state index contributed by atoms with van der Waals surface area (Å²) in [6.07, 6.45) is 1.37. The van der Waals surface area contributed by atoms with Gasteiger partial charge in [-0.15, -0.1) is 0 Å². The molecule has 0 atom stereocenters. The minimum absolute atomic E-state index is 0.0135. The summed E-state index contributed by atoms with van der Waals surface area (Å²) in [5.41, 5.74) is 7.15. The molecule has 2 N–H and O–H groups in total. The Bertz CT molecular complexity index is 747. The standard InChI is InChI=1S/C15H13NO3.C4H9NO/c1-10-8-13(16(18)19)9-11(2)14(10)15(17)12-6-4-3-5-7-12;1-2-3-4(5)6/h3-9H,1-2H3;2-3H2,1H3,(H2,5,6). The van der Waals surface area contributed by atoms with Gasteiger partial charge in [0.1, 0.15) is 0 Å². The molecule has 2 aromatic carbocycles. The Labute approximate surface area is 146 Å². The Balaban J connectivity index is 0.000000450. The third-order valence-electron chi connectivity index (χ3n) is 3.49. The Hall–Kier alpha value is -3.02. The van der Waals surface area contributed by atoms with E-state index in [0.717, 1.165) is 6.42 Å². The first-order valence-electron chi connectivity index (χ1n) is 7.91. The zero-order valence-electron chi connectivity index (χ0n) is 14.6. The van der Waals surface area contributed by atoms with Gasteiger partial charge in [-0.05, 0) is 31.4 Å². The second-order valence-corrected chi connectivity index (χ2v) is 5.62. The van der Waals surface area contributed by atoms with E-state index >= 15 is 0 Å². The molecular weight excluding hydrogens is 320 g/mol. The molecule has 0 saturated carbocycles. The van der Waals surface area contributed by atoms with E-state index in [-0.39, 0.29) is 17.4 Å². The maximum Gasteiger partial charge on any atom is 0.270 e. The molecule has 132 valence electrons. The minimum Gasteiger partial charge on any atom is -0.370 e. The molecule has 0 aliphatic rings. The van der Waals surface area contributed by atoms with E-state index in [1.807, 2.05) is 13.0 Å². The van der Waals surface area contributed by atoms with Gasteiger partial charge in [-0.1, -0.05) is 37.3 Å². The molecule has 2 aromatic rings. The van der Waals surface area contributed by atoms with Crippen LogP contribution in [0.1, 0.15) is 46.8 Å². The molecule has 0 fully saturated rings. The van der Waals surface area contributed by atoms with E-state index in [1.165, 1.54) is 12.1 Å². The second kappa shape index (κ2) is 9.32. The molecule has 25 heavy (non-hydrogen) atoms. The van der Waals surface area contributed by atoms with Crippen LogP contribution in [-0.4, -0.2) is 16.6 Å². The number of amides is 1. The molecule has 0 aliphatic carbocycles. The molecule has 0 radical (unpaired) electrons. The van der Waals surface area contributed by atoms with Gasteiger partial charge in [0.25, 0.3) is 5.69 Å². The summed E-state index contributed by atoms with van der Waals surface area (Å²) in [4.78, 5) is 32.6. The number of carbonyl (C=O) groups is 2. The smallest absolute Gasteiger partial charge is 0.270 e. The Morgan fingerprint density at radius 2 is 1.60 bits per heavy atom. The summed E-state index contributed by atoms with van der Waals surface area (Å²) in [5, 5.41) is 10.8. The predicted molar refractivity (Wildman–Crippen MR) is 96.5 cm³/mol. The van der Waals surface area contributed by atoms with Crippen molar-refractivity contribution in [1.82, 2.24) is 0 Å². The van der Waals surface area contributed by atoms with Crippen LogP contribution in [0.3, 0.4) is 0 Å². The first-order valence-corrected chi connectivity index (χ1v) is 7.91. The lowest BCUT2D eigenvalue weighted by Gasteiger charge is -2.08. The average Bonchev–Trinajstić information content (AvgIpc) is 2.55. The number of non-ortho nitro benzene ring substituents is 1. The molecule has 0 aromatic heterocycles. The van der Waals surface area contributed by atoms with Gasteiger partial charge in [-0.25, -0.2) is 0 Å². The number of nitrogens with zero attached hydrogens (tertiary/aromatic N) is 1. The third-order valence-corrected chi connectivity index (χ3v) is 3.49. The first kappa shape index (κ1) is 20.0. The lowest BCUT2D eigenvalue weighted by molar-refractivity contribution is -0.384. The number of nitro benzene ring substituents is 1. The van der Waals surface area contributed by atoms with Crippen molar-refractivity contribution in [1.29, 1.82) is 0 Å². The number of hydrogen-bond donors (Lipinski definition) is 1. The Morgan fingerprint density at radius 3 is 1.96 bits per heavy atom. The molecule has 0 bridgehead atoms. The summed E-state index contributed by atoms with van der Waals surface area (Å²) < 4.78 is 0. The van der Waals surface area contributed by atoms with Gasteiger partial charge in [-0.3, -0.25) is 19.7 Å². The monoisotopic (exact) mass is 342 g/mol. The van der Waals surface area contributed by atoms with E-state index in [9.17, 15) is 19.7 Å². The van der Waals surface area contributed by atoms with E-state index in [1.54, 1.807) is 38.1 Å². The number of aryl methyl sites for hydroxylation is 2. The van der Waals surface area contributed by atoms with Crippen molar-refractivity contribution >= 4 is 17.4 Å². The summed E-state index contributed by atoms with van der Waals surface area (Å²) in [6, 6.07) is 11.8. The molecule has 1 amide bonds.